The first kappa shape index (κ1) is 36.8. The molecule has 0 atom stereocenters. The molecule has 0 aliphatic heterocycles. The van der Waals surface area contributed by atoms with Gasteiger partial charge in [-0.3, -0.25) is 0 Å². The van der Waals surface area contributed by atoms with Gasteiger partial charge in [0.2, 0.25) is 0 Å². The number of hydrogen-bond acceptors (Lipinski definition) is 0. The summed E-state index contributed by atoms with van der Waals surface area (Å²) < 4.78 is 4.95. The van der Waals surface area contributed by atoms with Crippen LogP contribution in [0.15, 0.2) is 255 Å². The minimum absolute atomic E-state index is 1.13. The summed E-state index contributed by atoms with van der Waals surface area (Å²) in [6.07, 6.45) is 0. The quantitative estimate of drug-likeness (QED) is 0.107. The van der Waals surface area contributed by atoms with E-state index < -0.39 is 8.07 Å². The van der Waals surface area contributed by atoms with Gasteiger partial charge in [-0.25, -0.2) is 0 Å². The molecule has 296 valence electrons. The van der Waals surface area contributed by atoms with Crippen molar-refractivity contribution in [3.05, 3.63) is 255 Å². The van der Waals surface area contributed by atoms with Crippen molar-refractivity contribution in [2.45, 2.75) is 0 Å². The smallest absolute Gasteiger partial charge is 0.179 e. The van der Waals surface area contributed by atoms with E-state index in [0.29, 0.717) is 0 Å². The van der Waals surface area contributed by atoms with Crippen LogP contribution in [0.5, 0.6) is 0 Å². The zero-order valence-corrected chi connectivity index (χ0v) is 35.6. The SMILES string of the molecule is c1ccc(-c2cccc(-n3c4cc(-n5c6ccccc6c6cc([Si](c7ccccc7)(c7ccccc7)c7ccccc7)ccc65)ccc4c4c(-c5ccccc5)cccc43)c2)cc1. The van der Waals surface area contributed by atoms with Crippen LogP contribution < -0.4 is 20.7 Å². The molecule has 2 aromatic heterocycles. The minimum Gasteiger partial charge on any atom is -0.309 e. The molecule has 10 aromatic carbocycles. The fourth-order valence-electron chi connectivity index (χ4n) is 10.3. The Kier molecular flexibility index (Phi) is 8.87. The second-order valence-electron chi connectivity index (χ2n) is 16.5. The lowest BCUT2D eigenvalue weighted by Gasteiger charge is -2.34. The molecule has 2 heterocycles. The fourth-order valence-corrected chi connectivity index (χ4v) is 15.1. The standard InChI is InChI=1S/C60H42N2Si/c1-6-20-43(21-7-1)45-24-18-25-46(40-45)62-58-35-19-33-52(44-22-8-2-9-23-44)60(58)54-38-36-47(41-59(54)62)61-56-34-17-16-32-53(56)55-42-51(37-39-57(55)61)63(48-26-10-3-11-27-48,49-28-12-4-13-29-49)50-30-14-5-15-31-50/h1-42H. The van der Waals surface area contributed by atoms with Crippen LogP contribution in [0.1, 0.15) is 0 Å². The topological polar surface area (TPSA) is 9.86 Å². The lowest BCUT2D eigenvalue weighted by atomic mass is 9.99. The molecule has 0 aliphatic rings. The maximum absolute atomic E-state index is 2.75. The normalized spacial score (nSPS) is 11.8. The summed E-state index contributed by atoms with van der Waals surface area (Å²) in [7, 11) is -2.75. The molecule has 0 saturated carbocycles. The minimum atomic E-state index is -2.75. The largest absolute Gasteiger partial charge is 0.309 e. The van der Waals surface area contributed by atoms with Gasteiger partial charge in [0.05, 0.1) is 22.1 Å². The van der Waals surface area contributed by atoms with Gasteiger partial charge in [-0.2, -0.15) is 0 Å². The average Bonchev–Trinajstić information content (AvgIpc) is 3.88. The second-order valence-corrected chi connectivity index (χ2v) is 20.3. The zero-order valence-electron chi connectivity index (χ0n) is 34.6. The van der Waals surface area contributed by atoms with Crippen molar-refractivity contribution in [1.29, 1.82) is 0 Å². The molecule has 0 fully saturated rings. The Bertz CT molecular complexity index is 3500. The summed E-state index contributed by atoms with van der Waals surface area (Å²) in [6.45, 7) is 0. The van der Waals surface area contributed by atoms with Gasteiger partial charge in [0.15, 0.2) is 8.07 Å². The molecular formula is C60H42N2Si. The highest BCUT2D eigenvalue weighted by atomic mass is 28.3. The molecule has 0 bridgehead atoms. The van der Waals surface area contributed by atoms with E-state index in [1.807, 2.05) is 0 Å². The van der Waals surface area contributed by atoms with E-state index in [2.05, 4.69) is 264 Å². The number of rotatable bonds is 8. The van der Waals surface area contributed by atoms with Gasteiger partial charge in [-0.1, -0.05) is 212 Å². The summed E-state index contributed by atoms with van der Waals surface area (Å²) in [6, 6.07) is 94.2. The molecule has 0 aliphatic carbocycles. The molecule has 0 amide bonds. The van der Waals surface area contributed by atoms with Gasteiger partial charge in [0.1, 0.15) is 0 Å². The predicted octanol–water partition coefficient (Wildman–Crippen LogP) is 12.6. The molecule has 12 aromatic rings. The van der Waals surface area contributed by atoms with E-state index in [1.54, 1.807) is 0 Å². The highest BCUT2D eigenvalue weighted by Crippen LogP contribution is 2.41. The predicted molar refractivity (Wildman–Crippen MR) is 270 cm³/mol. The van der Waals surface area contributed by atoms with E-state index in [0.717, 1.165) is 11.4 Å². The van der Waals surface area contributed by atoms with Crippen molar-refractivity contribution in [1.82, 2.24) is 9.13 Å². The van der Waals surface area contributed by atoms with Crippen LogP contribution in [0.25, 0.3) is 77.2 Å². The molecule has 0 saturated heterocycles. The Labute approximate surface area is 368 Å². The lowest BCUT2D eigenvalue weighted by Crippen LogP contribution is -2.74. The van der Waals surface area contributed by atoms with Crippen LogP contribution in [0.2, 0.25) is 0 Å². The van der Waals surface area contributed by atoms with E-state index in [-0.39, 0.29) is 0 Å². The van der Waals surface area contributed by atoms with Gasteiger partial charge in [0.25, 0.3) is 0 Å². The van der Waals surface area contributed by atoms with Crippen molar-refractivity contribution in [3.63, 3.8) is 0 Å². The molecule has 2 nitrogen and oxygen atoms in total. The first-order chi connectivity index (χ1) is 31.3. The number of para-hydroxylation sites is 1. The van der Waals surface area contributed by atoms with Crippen LogP contribution in [0.3, 0.4) is 0 Å². The highest BCUT2D eigenvalue weighted by molar-refractivity contribution is 7.20. The van der Waals surface area contributed by atoms with Gasteiger partial charge in [0, 0.05) is 32.9 Å². The number of hydrogen-bond donors (Lipinski definition) is 0. The second kappa shape index (κ2) is 15.2. The average molecular weight is 819 g/mol. The third kappa shape index (κ3) is 5.93. The third-order valence-corrected chi connectivity index (χ3v) is 17.8. The Morgan fingerprint density at radius 1 is 0.254 bits per heavy atom. The number of nitrogens with zero attached hydrogens (tertiary/aromatic N) is 2. The van der Waals surface area contributed by atoms with Crippen molar-refractivity contribution < 1.29 is 0 Å². The molecule has 12 rings (SSSR count). The number of aromatic nitrogens is 2. The summed E-state index contributed by atoms with van der Waals surface area (Å²) in [4.78, 5) is 0. The van der Waals surface area contributed by atoms with Gasteiger partial charge in [-0.15, -0.1) is 0 Å². The van der Waals surface area contributed by atoms with Crippen LogP contribution in [0.4, 0.5) is 0 Å². The first-order valence-corrected chi connectivity index (χ1v) is 23.8. The van der Waals surface area contributed by atoms with Gasteiger partial charge in [-0.05, 0) is 85.5 Å². The number of fused-ring (bicyclic) bond motifs is 6. The van der Waals surface area contributed by atoms with Gasteiger partial charge >= 0.3 is 0 Å². The summed E-state index contributed by atoms with van der Waals surface area (Å²) >= 11 is 0. The molecule has 0 spiro atoms. The zero-order chi connectivity index (χ0) is 41.7. The van der Waals surface area contributed by atoms with E-state index in [4.69, 9.17) is 0 Å². The first-order valence-electron chi connectivity index (χ1n) is 21.8. The van der Waals surface area contributed by atoms with Crippen LogP contribution in [-0.2, 0) is 0 Å². The lowest BCUT2D eigenvalue weighted by molar-refractivity contribution is 1.15. The van der Waals surface area contributed by atoms with Crippen molar-refractivity contribution >= 4 is 72.4 Å². The van der Waals surface area contributed by atoms with E-state index in [1.165, 1.54) is 86.6 Å². The Morgan fingerprint density at radius 3 is 1.43 bits per heavy atom. The summed E-state index contributed by atoms with van der Waals surface area (Å²) in [5.41, 5.74) is 11.8. The Hall–Kier alpha value is -7.98. The maximum atomic E-state index is 2.52. The molecule has 3 heteroatoms. The molecular weight excluding hydrogens is 777 g/mol. The monoisotopic (exact) mass is 818 g/mol. The Balaban J connectivity index is 1.13. The molecule has 0 unspecified atom stereocenters. The summed E-state index contributed by atoms with van der Waals surface area (Å²) in [5.74, 6) is 0. The third-order valence-electron chi connectivity index (χ3n) is 13.1. The van der Waals surface area contributed by atoms with E-state index in [9.17, 15) is 0 Å². The van der Waals surface area contributed by atoms with Crippen LogP contribution in [0, 0.1) is 0 Å². The Morgan fingerprint density at radius 2 is 0.762 bits per heavy atom. The van der Waals surface area contributed by atoms with Crippen molar-refractivity contribution in [2.75, 3.05) is 0 Å². The van der Waals surface area contributed by atoms with Crippen molar-refractivity contribution in [3.8, 4) is 33.6 Å². The van der Waals surface area contributed by atoms with Crippen molar-refractivity contribution in [2.24, 2.45) is 0 Å². The van der Waals surface area contributed by atoms with E-state index >= 15 is 0 Å². The molecule has 0 N–H and O–H groups in total. The maximum Gasteiger partial charge on any atom is 0.179 e. The molecule has 63 heavy (non-hydrogen) atoms. The molecule has 0 radical (unpaired) electrons. The van der Waals surface area contributed by atoms with Crippen LogP contribution in [-0.4, -0.2) is 17.2 Å². The van der Waals surface area contributed by atoms with Crippen LogP contribution >= 0.6 is 0 Å². The number of benzene rings is 10. The van der Waals surface area contributed by atoms with Gasteiger partial charge < -0.3 is 9.13 Å². The summed E-state index contributed by atoms with van der Waals surface area (Å²) in [5, 5.41) is 10.5. The highest BCUT2D eigenvalue weighted by Gasteiger charge is 2.41. The fraction of sp³-hybridized carbons (Fsp3) is 0.